The summed E-state index contributed by atoms with van der Waals surface area (Å²) in [7, 11) is -3.07. The molecule has 0 aromatic carbocycles. The molecule has 1 aromatic heterocycles. The van der Waals surface area contributed by atoms with Gasteiger partial charge < -0.3 is 5.11 Å². The number of hydrogen-bond donors (Lipinski definition) is 1. The summed E-state index contributed by atoms with van der Waals surface area (Å²) in [5, 5.41) is 10.5. The molecule has 0 unspecified atom stereocenters. The maximum absolute atomic E-state index is 11.2. The minimum absolute atomic E-state index is 0.0548. The Hall–Kier alpha value is -0.460. The summed E-state index contributed by atoms with van der Waals surface area (Å²) >= 11 is 1.28. The molecule has 0 bridgehead atoms. The van der Waals surface area contributed by atoms with E-state index in [9.17, 15) is 13.5 Å². The molecule has 0 saturated heterocycles. The SMILES string of the molecule is CCc1nc(CS(C)(=O)=O)sc1C(C)(C)O. The molecule has 1 rings (SSSR count). The Labute approximate surface area is 100 Å². The second kappa shape index (κ2) is 4.43. The fourth-order valence-corrected chi connectivity index (χ4v) is 3.74. The zero-order valence-corrected chi connectivity index (χ0v) is 11.6. The van der Waals surface area contributed by atoms with Crippen LogP contribution in [-0.4, -0.2) is 24.8 Å². The van der Waals surface area contributed by atoms with Crippen LogP contribution in [0.2, 0.25) is 0 Å². The minimum Gasteiger partial charge on any atom is -0.385 e. The number of aryl methyl sites for hydroxylation is 1. The largest absolute Gasteiger partial charge is 0.385 e. The van der Waals surface area contributed by atoms with Crippen molar-refractivity contribution in [1.82, 2.24) is 4.98 Å². The first-order valence-corrected chi connectivity index (χ1v) is 7.90. The van der Waals surface area contributed by atoms with Gasteiger partial charge in [-0.15, -0.1) is 11.3 Å². The third-order valence-electron chi connectivity index (χ3n) is 2.02. The molecule has 0 aliphatic heterocycles. The maximum atomic E-state index is 11.2. The lowest BCUT2D eigenvalue weighted by Crippen LogP contribution is -2.15. The fourth-order valence-electron chi connectivity index (χ4n) is 1.40. The van der Waals surface area contributed by atoms with Crippen LogP contribution in [0, 0.1) is 0 Å². The Morgan fingerprint density at radius 1 is 1.44 bits per heavy atom. The first-order valence-electron chi connectivity index (χ1n) is 5.02. The van der Waals surface area contributed by atoms with Crippen molar-refractivity contribution >= 4 is 21.2 Å². The van der Waals surface area contributed by atoms with E-state index in [1.807, 2.05) is 6.92 Å². The standard InChI is InChI=1S/C10H17NO3S2/c1-5-7-9(10(2,3)12)15-8(11-7)6-16(4,13)14/h12H,5-6H2,1-4H3. The van der Waals surface area contributed by atoms with Gasteiger partial charge in [0.2, 0.25) is 0 Å². The zero-order valence-electron chi connectivity index (χ0n) is 9.94. The average Bonchev–Trinajstić information content (AvgIpc) is 2.43. The van der Waals surface area contributed by atoms with Crippen LogP contribution in [0.3, 0.4) is 0 Å². The maximum Gasteiger partial charge on any atom is 0.153 e. The number of hydrogen-bond acceptors (Lipinski definition) is 5. The van der Waals surface area contributed by atoms with E-state index in [0.717, 1.165) is 10.6 Å². The van der Waals surface area contributed by atoms with Gasteiger partial charge in [-0.3, -0.25) is 0 Å². The van der Waals surface area contributed by atoms with Crippen molar-refractivity contribution in [3.8, 4) is 0 Å². The van der Waals surface area contributed by atoms with Crippen molar-refractivity contribution in [1.29, 1.82) is 0 Å². The summed E-state index contributed by atoms with van der Waals surface area (Å²) in [5.74, 6) is -0.0548. The molecule has 0 saturated carbocycles. The molecule has 0 radical (unpaired) electrons. The van der Waals surface area contributed by atoms with Crippen molar-refractivity contribution in [3.05, 3.63) is 15.6 Å². The molecule has 1 heterocycles. The van der Waals surface area contributed by atoms with Crippen molar-refractivity contribution in [2.45, 2.75) is 38.5 Å². The second-order valence-corrected chi connectivity index (χ2v) is 7.59. The van der Waals surface area contributed by atoms with Gasteiger partial charge in [-0.1, -0.05) is 6.92 Å². The molecule has 0 atom stereocenters. The number of aliphatic hydroxyl groups is 1. The fraction of sp³-hybridized carbons (Fsp3) is 0.700. The lowest BCUT2D eigenvalue weighted by Gasteiger charge is -2.15. The minimum atomic E-state index is -3.07. The number of rotatable bonds is 4. The van der Waals surface area contributed by atoms with E-state index in [2.05, 4.69) is 4.98 Å². The molecule has 92 valence electrons. The van der Waals surface area contributed by atoms with E-state index in [-0.39, 0.29) is 5.75 Å². The number of nitrogens with zero attached hydrogens (tertiary/aromatic N) is 1. The van der Waals surface area contributed by atoms with E-state index in [1.54, 1.807) is 13.8 Å². The van der Waals surface area contributed by atoms with Gasteiger partial charge in [0.05, 0.1) is 16.2 Å². The summed E-state index contributed by atoms with van der Waals surface area (Å²) in [6.45, 7) is 5.31. The lowest BCUT2D eigenvalue weighted by molar-refractivity contribution is 0.0814. The zero-order chi connectivity index (χ0) is 12.6. The first-order chi connectivity index (χ1) is 7.13. The van der Waals surface area contributed by atoms with Gasteiger partial charge in [-0.05, 0) is 20.3 Å². The smallest absolute Gasteiger partial charge is 0.153 e. The Kier molecular flexibility index (Phi) is 3.76. The summed E-state index contributed by atoms with van der Waals surface area (Å²) in [6.07, 6.45) is 1.88. The number of aromatic nitrogens is 1. The van der Waals surface area contributed by atoms with E-state index in [0.29, 0.717) is 11.4 Å². The van der Waals surface area contributed by atoms with Gasteiger partial charge in [-0.2, -0.15) is 0 Å². The van der Waals surface area contributed by atoms with Crippen LogP contribution in [0.1, 0.15) is 36.3 Å². The second-order valence-electron chi connectivity index (χ2n) is 4.37. The predicted molar refractivity (Wildman–Crippen MR) is 65.3 cm³/mol. The molecule has 0 amide bonds. The third-order valence-corrected chi connectivity index (χ3v) is 4.41. The van der Waals surface area contributed by atoms with E-state index in [1.165, 1.54) is 17.6 Å². The molecule has 0 aliphatic rings. The number of thiazole rings is 1. The van der Waals surface area contributed by atoms with E-state index in [4.69, 9.17) is 0 Å². The molecule has 4 nitrogen and oxygen atoms in total. The van der Waals surface area contributed by atoms with Crippen LogP contribution in [0.5, 0.6) is 0 Å². The molecule has 0 aliphatic carbocycles. The van der Waals surface area contributed by atoms with Crippen LogP contribution in [0.25, 0.3) is 0 Å². The predicted octanol–water partition coefficient (Wildman–Crippen LogP) is 1.48. The first kappa shape index (κ1) is 13.6. The van der Waals surface area contributed by atoms with Gasteiger partial charge in [-0.25, -0.2) is 13.4 Å². The monoisotopic (exact) mass is 263 g/mol. The highest BCUT2D eigenvalue weighted by molar-refractivity contribution is 7.90. The molecule has 1 N–H and O–H groups in total. The van der Waals surface area contributed by atoms with Crippen LogP contribution in [-0.2, 0) is 27.6 Å². The van der Waals surface area contributed by atoms with Gasteiger partial charge in [0.15, 0.2) is 9.84 Å². The van der Waals surface area contributed by atoms with Crippen LogP contribution in [0.15, 0.2) is 0 Å². The van der Waals surface area contributed by atoms with Gasteiger partial charge in [0.25, 0.3) is 0 Å². The molecule has 1 aromatic rings. The van der Waals surface area contributed by atoms with Gasteiger partial charge >= 0.3 is 0 Å². The Morgan fingerprint density at radius 2 is 2.00 bits per heavy atom. The Balaban J connectivity index is 3.14. The van der Waals surface area contributed by atoms with Gasteiger partial charge in [0.1, 0.15) is 10.8 Å². The highest BCUT2D eigenvalue weighted by Crippen LogP contribution is 2.30. The summed E-state index contributed by atoms with van der Waals surface area (Å²) in [4.78, 5) is 5.02. The van der Waals surface area contributed by atoms with Crippen molar-refractivity contribution in [3.63, 3.8) is 0 Å². The van der Waals surface area contributed by atoms with E-state index < -0.39 is 15.4 Å². The number of sulfone groups is 1. The van der Waals surface area contributed by atoms with Crippen LogP contribution in [0.4, 0.5) is 0 Å². The quantitative estimate of drug-likeness (QED) is 0.893. The Morgan fingerprint density at radius 3 is 2.31 bits per heavy atom. The third kappa shape index (κ3) is 3.54. The topological polar surface area (TPSA) is 67.3 Å². The molecular formula is C10H17NO3S2. The van der Waals surface area contributed by atoms with Crippen molar-refractivity contribution in [2.24, 2.45) is 0 Å². The van der Waals surface area contributed by atoms with Crippen molar-refractivity contribution < 1.29 is 13.5 Å². The lowest BCUT2D eigenvalue weighted by atomic mass is 10.1. The highest BCUT2D eigenvalue weighted by atomic mass is 32.2. The molecular weight excluding hydrogens is 246 g/mol. The Bertz CT molecular complexity index is 469. The molecule has 16 heavy (non-hydrogen) atoms. The molecule has 0 fully saturated rings. The summed E-state index contributed by atoms with van der Waals surface area (Å²) in [5.41, 5.74) is -0.171. The van der Waals surface area contributed by atoms with Gasteiger partial charge in [0, 0.05) is 6.26 Å². The molecule has 0 spiro atoms. The normalized spacial score (nSPS) is 13.1. The summed E-state index contributed by atoms with van der Waals surface area (Å²) < 4.78 is 22.3. The van der Waals surface area contributed by atoms with Crippen LogP contribution >= 0.6 is 11.3 Å². The van der Waals surface area contributed by atoms with Crippen LogP contribution < -0.4 is 0 Å². The van der Waals surface area contributed by atoms with E-state index >= 15 is 0 Å². The van der Waals surface area contributed by atoms with Crippen molar-refractivity contribution in [2.75, 3.05) is 6.26 Å². The average molecular weight is 263 g/mol. The molecule has 6 heteroatoms. The highest BCUT2D eigenvalue weighted by Gasteiger charge is 2.24. The summed E-state index contributed by atoms with van der Waals surface area (Å²) in [6, 6.07) is 0.